The van der Waals surface area contributed by atoms with Crippen LogP contribution in [-0.4, -0.2) is 17.1 Å². The maximum atomic E-state index is 5.98. The number of benzene rings is 2. The predicted molar refractivity (Wildman–Crippen MR) is 98.9 cm³/mol. The topological polar surface area (TPSA) is 109 Å². The van der Waals surface area contributed by atoms with Crippen LogP contribution in [0.5, 0.6) is 11.5 Å². The van der Waals surface area contributed by atoms with Gasteiger partial charge >= 0.3 is 0 Å². The maximum Gasteiger partial charge on any atom is 0.271 e. The molecule has 0 fully saturated rings. The molecule has 6 heteroatoms. The molecule has 1 aromatic heterocycles. The molecule has 0 atom stereocenters. The fraction of sp³-hybridized carbons (Fsp3) is 0.211. The van der Waals surface area contributed by atoms with E-state index in [0.29, 0.717) is 11.3 Å². The van der Waals surface area contributed by atoms with E-state index in [1.807, 2.05) is 56.3 Å². The van der Waals surface area contributed by atoms with Crippen LogP contribution >= 0.6 is 0 Å². The summed E-state index contributed by atoms with van der Waals surface area (Å²) in [5.74, 6) is -0.555. The molecule has 0 unspecified atom stereocenters. The third kappa shape index (κ3) is 4.24. The third-order valence-corrected chi connectivity index (χ3v) is 3.47. The Kier molecular flexibility index (Phi) is 4.59. The minimum absolute atomic E-state index is 0.0370. The van der Waals surface area contributed by atoms with Crippen LogP contribution in [0.25, 0.3) is 22.2 Å². The molecule has 130 valence electrons. The summed E-state index contributed by atoms with van der Waals surface area (Å²) in [5, 5.41) is 0.873. The van der Waals surface area contributed by atoms with Crippen molar-refractivity contribution in [3.05, 3.63) is 54.6 Å². The van der Waals surface area contributed by atoms with E-state index in [2.05, 4.69) is 0 Å². The Hall–Kier alpha value is -2.67. The van der Waals surface area contributed by atoms with Gasteiger partial charge in [0.15, 0.2) is 0 Å². The molecule has 0 spiro atoms. The summed E-state index contributed by atoms with van der Waals surface area (Å²) >= 11 is 0. The first kappa shape index (κ1) is 17.2. The summed E-state index contributed by atoms with van der Waals surface area (Å²) in [6.07, 6.45) is 0.0370. The lowest BCUT2D eigenvalue weighted by molar-refractivity contribution is 0.0904. The van der Waals surface area contributed by atoms with E-state index in [0.717, 1.165) is 22.4 Å². The molecular weight excluding hydrogens is 316 g/mol. The first-order chi connectivity index (χ1) is 11.8. The van der Waals surface area contributed by atoms with Gasteiger partial charge in [0.25, 0.3) is 5.97 Å². The molecule has 0 bridgehead atoms. The monoisotopic (exact) mass is 338 g/mol. The number of hydrogen-bond donors (Lipinski definition) is 3. The molecule has 6 nitrogen and oxygen atoms in total. The fourth-order valence-corrected chi connectivity index (χ4v) is 2.55. The highest BCUT2D eigenvalue weighted by Crippen LogP contribution is 2.32. The van der Waals surface area contributed by atoms with Gasteiger partial charge in [-0.1, -0.05) is 30.3 Å². The van der Waals surface area contributed by atoms with Crippen molar-refractivity contribution in [2.24, 2.45) is 17.2 Å². The van der Waals surface area contributed by atoms with Gasteiger partial charge in [0.1, 0.15) is 11.5 Å². The second-order valence-corrected chi connectivity index (χ2v) is 6.17. The molecule has 0 amide bonds. The molecule has 0 saturated heterocycles. The number of rotatable bonds is 5. The number of nitrogens with zero attached hydrogens (tertiary/aromatic N) is 1. The normalized spacial score (nSPS) is 11.8. The van der Waals surface area contributed by atoms with Crippen LogP contribution in [0.2, 0.25) is 0 Å². The number of ether oxygens (including phenoxy) is 2. The summed E-state index contributed by atoms with van der Waals surface area (Å²) < 4.78 is 11.3. The number of hydrogen-bond acceptors (Lipinski definition) is 6. The minimum Gasteiger partial charge on any atom is -0.490 e. The zero-order chi connectivity index (χ0) is 18.0. The quantitative estimate of drug-likeness (QED) is 0.617. The van der Waals surface area contributed by atoms with Crippen molar-refractivity contribution in [1.82, 2.24) is 4.98 Å². The average Bonchev–Trinajstić information content (AvgIpc) is 2.53. The highest BCUT2D eigenvalue weighted by atomic mass is 16.5. The number of nitrogens with two attached hydrogens (primary N) is 3. The summed E-state index contributed by atoms with van der Waals surface area (Å²) in [4.78, 5) is 4.72. The van der Waals surface area contributed by atoms with Gasteiger partial charge in [-0.2, -0.15) is 0 Å². The van der Waals surface area contributed by atoms with Crippen LogP contribution in [0.4, 0.5) is 0 Å². The molecule has 0 saturated carbocycles. The number of aromatic nitrogens is 1. The Bertz CT molecular complexity index is 874. The van der Waals surface area contributed by atoms with Crippen LogP contribution in [0.15, 0.2) is 54.6 Å². The first-order valence-corrected chi connectivity index (χ1v) is 8.04. The number of fused-ring (bicyclic) bond motifs is 1. The van der Waals surface area contributed by atoms with Crippen LogP contribution in [0, 0.1) is 0 Å². The van der Waals surface area contributed by atoms with Gasteiger partial charge in [0, 0.05) is 23.1 Å². The molecule has 0 aliphatic rings. The molecule has 3 aromatic rings. The lowest BCUT2D eigenvalue weighted by Crippen LogP contribution is -2.62. The molecule has 25 heavy (non-hydrogen) atoms. The maximum absolute atomic E-state index is 5.98. The summed E-state index contributed by atoms with van der Waals surface area (Å²) in [6, 6.07) is 17.2. The van der Waals surface area contributed by atoms with Crippen molar-refractivity contribution in [2.45, 2.75) is 25.9 Å². The summed E-state index contributed by atoms with van der Waals surface area (Å²) in [5.41, 5.74) is 19.1. The Morgan fingerprint density at radius 2 is 1.68 bits per heavy atom. The lowest BCUT2D eigenvalue weighted by Gasteiger charge is -2.20. The molecule has 1 heterocycles. The zero-order valence-electron chi connectivity index (χ0n) is 14.3. The molecule has 3 rings (SSSR count). The van der Waals surface area contributed by atoms with E-state index in [9.17, 15) is 0 Å². The second kappa shape index (κ2) is 6.68. The smallest absolute Gasteiger partial charge is 0.271 e. The summed E-state index contributed by atoms with van der Waals surface area (Å²) in [7, 11) is 0. The minimum atomic E-state index is -1.75. The van der Waals surface area contributed by atoms with E-state index < -0.39 is 5.97 Å². The second-order valence-electron chi connectivity index (χ2n) is 6.17. The Morgan fingerprint density at radius 3 is 2.32 bits per heavy atom. The lowest BCUT2D eigenvalue weighted by atomic mass is 10.1. The largest absolute Gasteiger partial charge is 0.490 e. The molecule has 0 aliphatic carbocycles. The van der Waals surface area contributed by atoms with Gasteiger partial charge in [-0.3, -0.25) is 17.2 Å². The van der Waals surface area contributed by atoms with Crippen LogP contribution in [0.1, 0.15) is 13.8 Å². The van der Waals surface area contributed by atoms with Crippen LogP contribution in [0.3, 0.4) is 0 Å². The van der Waals surface area contributed by atoms with Crippen LogP contribution < -0.4 is 26.7 Å². The highest BCUT2D eigenvalue weighted by molar-refractivity contribution is 5.89. The van der Waals surface area contributed by atoms with Gasteiger partial charge in [-0.05, 0) is 26.0 Å². The third-order valence-electron chi connectivity index (χ3n) is 3.47. The van der Waals surface area contributed by atoms with Crippen LogP contribution in [-0.2, 0) is 0 Å². The highest BCUT2D eigenvalue weighted by Gasteiger charge is 2.16. The molecule has 0 radical (unpaired) electrons. The van der Waals surface area contributed by atoms with Crippen molar-refractivity contribution in [3.63, 3.8) is 0 Å². The van der Waals surface area contributed by atoms with Crippen molar-refractivity contribution >= 4 is 10.9 Å². The van der Waals surface area contributed by atoms with E-state index >= 15 is 0 Å². The summed E-state index contributed by atoms with van der Waals surface area (Å²) in [6.45, 7) is 3.97. The van der Waals surface area contributed by atoms with E-state index in [1.54, 1.807) is 12.1 Å². The van der Waals surface area contributed by atoms with Crippen molar-refractivity contribution in [3.8, 4) is 22.8 Å². The molecule has 2 aromatic carbocycles. The Labute approximate surface area is 146 Å². The molecular formula is C19H22N4O2. The average molecular weight is 338 g/mol. The first-order valence-electron chi connectivity index (χ1n) is 8.04. The standard InChI is InChI=1S/C19H22N4O2/c1-12(2)24-18-11-16(13-6-4-3-5-7-13)23-17-10-14(8-9-15(17)18)25-19(20,21)22/h3-12H,20-22H2,1-2H3. The van der Waals surface area contributed by atoms with E-state index in [1.165, 1.54) is 0 Å². The molecule has 6 N–H and O–H groups in total. The SMILES string of the molecule is CC(C)Oc1cc(-c2ccccc2)nc2cc(OC(N)(N)N)ccc12. The van der Waals surface area contributed by atoms with Gasteiger partial charge in [0.2, 0.25) is 0 Å². The fourth-order valence-electron chi connectivity index (χ4n) is 2.55. The van der Waals surface area contributed by atoms with Gasteiger partial charge in [-0.25, -0.2) is 4.98 Å². The van der Waals surface area contributed by atoms with Gasteiger partial charge in [-0.15, -0.1) is 0 Å². The van der Waals surface area contributed by atoms with Gasteiger partial charge < -0.3 is 9.47 Å². The van der Waals surface area contributed by atoms with Gasteiger partial charge in [0.05, 0.1) is 17.3 Å². The van der Waals surface area contributed by atoms with E-state index in [-0.39, 0.29) is 6.10 Å². The predicted octanol–water partition coefficient (Wildman–Crippen LogP) is 2.56. The van der Waals surface area contributed by atoms with E-state index in [4.69, 9.17) is 31.7 Å². The van der Waals surface area contributed by atoms with Crippen molar-refractivity contribution in [2.75, 3.05) is 0 Å². The zero-order valence-corrected chi connectivity index (χ0v) is 14.3. The van der Waals surface area contributed by atoms with Crippen molar-refractivity contribution < 1.29 is 9.47 Å². The molecule has 0 aliphatic heterocycles. The Morgan fingerprint density at radius 1 is 0.960 bits per heavy atom. The number of pyridine rings is 1. The Balaban J connectivity index is 2.14. The van der Waals surface area contributed by atoms with Crippen molar-refractivity contribution in [1.29, 1.82) is 0 Å².